The van der Waals surface area contributed by atoms with Crippen molar-refractivity contribution < 1.29 is 18.4 Å². The van der Waals surface area contributed by atoms with Crippen LogP contribution in [0.1, 0.15) is 57.4 Å². The van der Waals surface area contributed by atoms with E-state index in [1.807, 2.05) is 6.92 Å². The molecule has 1 saturated carbocycles. The molecule has 1 aromatic rings. The van der Waals surface area contributed by atoms with Crippen molar-refractivity contribution in [3.05, 3.63) is 35.4 Å². The number of hydrogen-bond acceptors (Lipinski definition) is 2. The van der Waals surface area contributed by atoms with Crippen LogP contribution >= 0.6 is 0 Å². The first-order valence-corrected chi connectivity index (χ1v) is 8.42. The molecule has 1 atom stereocenters. The Morgan fingerprint density at radius 1 is 1.25 bits per heavy atom. The fourth-order valence-corrected chi connectivity index (χ4v) is 3.32. The predicted octanol–water partition coefficient (Wildman–Crippen LogP) is 3.02. The summed E-state index contributed by atoms with van der Waals surface area (Å²) in [5.74, 6) is -2.15. The van der Waals surface area contributed by atoms with E-state index in [2.05, 4.69) is 10.6 Å². The molecule has 2 rings (SSSR count). The Morgan fingerprint density at radius 2 is 1.92 bits per heavy atom. The fourth-order valence-electron chi connectivity index (χ4n) is 3.32. The molecule has 0 radical (unpaired) electrons. The molecule has 0 aliphatic heterocycles. The van der Waals surface area contributed by atoms with Gasteiger partial charge in [0.2, 0.25) is 11.8 Å². The van der Waals surface area contributed by atoms with Crippen LogP contribution < -0.4 is 10.6 Å². The average molecular weight is 338 g/mol. The van der Waals surface area contributed by atoms with Crippen LogP contribution in [0, 0.1) is 11.6 Å². The molecular weight excluding hydrogens is 314 g/mol. The number of rotatable bonds is 6. The number of amides is 2. The summed E-state index contributed by atoms with van der Waals surface area (Å²) in [4.78, 5) is 24.7. The normalized spacial score (nSPS) is 17.3. The van der Waals surface area contributed by atoms with Crippen LogP contribution in [0.25, 0.3) is 0 Å². The first kappa shape index (κ1) is 18.4. The van der Waals surface area contributed by atoms with E-state index in [1.165, 1.54) is 12.1 Å². The lowest BCUT2D eigenvalue weighted by Gasteiger charge is -2.29. The summed E-state index contributed by atoms with van der Waals surface area (Å²) in [5.41, 5.74) is -0.557. The number of carbonyl (C=O) groups excluding carboxylic acids is 2. The molecule has 0 unspecified atom stereocenters. The lowest BCUT2D eigenvalue weighted by molar-refractivity contribution is -0.133. The Bertz CT molecular complexity index is 613. The second kappa shape index (κ2) is 7.73. The highest BCUT2D eigenvalue weighted by molar-refractivity contribution is 5.92. The molecule has 0 saturated heterocycles. The molecule has 1 aliphatic rings. The van der Waals surface area contributed by atoms with E-state index >= 15 is 0 Å². The Hall–Kier alpha value is -1.98. The van der Waals surface area contributed by atoms with E-state index in [0.29, 0.717) is 24.9 Å². The van der Waals surface area contributed by atoms with E-state index in [-0.39, 0.29) is 18.2 Å². The van der Waals surface area contributed by atoms with Crippen molar-refractivity contribution in [1.29, 1.82) is 0 Å². The quantitative estimate of drug-likeness (QED) is 0.838. The zero-order valence-electron chi connectivity index (χ0n) is 14.1. The van der Waals surface area contributed by atoms with E-state index in [4.69, 9.17) is 0 Å². The minimum absolute atomic E-state index is 0.0453. The summed E-state index contributed by atoms with van der Waals surface area (Å²) in [6.07, 6.45) is 3.05. The van der Waals surface area contributed by atoms with Crippen molar-refractivity contribution in [2.75, 3.05) is 6.54 Å². The van der Waals surface area contributed by atoms with Crippen LogP contribution in [-0.4, -0.2) is 23.9 Å². The Balaban J connectivity index is 2.04. The smallest absolute Gasteiger partial charge is 0.245 e. The van der Waals surface area contributed by atoms with Crippen LogP contribution in [0.5, 0.6) is 0 Å². The topological polar surface area (TPSA) is 58.2 Å². The molecule has 0 spiro atoms. The van der Waals surface area contributed by atoms with Crippen LogP contribution in [0.2, 0.25) is 0 Å². The zero-order chi connectivity index (χ0) is 17.7. The van der Waals surface area contributed by atoms with E-state index in [0.717, 1.165) is 18.9 Å². The van der Waals surface area contributed by atoms with Crippen molar-refractivity contribution in [2.45, 2.75) is 57.4 Å². The Kier molecular flexibility index (Phi) is 5.91. The van der Waals surface area contributed by atoms with Crippen molar-refractivity contribution in [3.8, 4) is 0 Å². The van der Waals surface area contributed by atoms with E-state index in [1.54, 1.807) is 6.92 Å². The van der Waals surface area contributed by atoms with Gasteiger partial charge in [-0.15, -0.1) is 0 Å². The van der Waals surface area contributed by atoms with Gasteiger partial charge in [-0.1, -0.05) is 25.8 Å². The molecule has 6 heteroatoms. The Morgan fingerprint density at radius 3 is 2.50 bits per heavy atom. The van der Waals surface area contributed by atoms with Gasteiger partial charge in [-0.2, -0.15) is 0 Å². The molecule has 2 amide bonds. The first-order chi connectivity index (χ1) is 11.4. The van der Waals surface area contributed by atoms with Crippen molar-refractivity contribution in [3.63, 3.8) is 0 Å². The van der Waals surface area contributed by atoms with Gasteiger partial charge in [0.05, 0.1) is 0 Å². The van der Waals surface area contributed by atoms with Gasteiger partial charge in [-0.25, -0.2) is 8.78 Å². The SMILES string of the molecule is CCNC(=O)C1(NC(=O)C[C@H](C)c2ccc(F)cc2F)CCCC1. The highest BCUT2D eigenvalue weighted by atomic mass is 19.1. The summed E-state index contributed by atoms with van der Waals surface area (Å²) >= 11 is 0. The third-order valence-corrected chi connectivity index (χ3v) is 4.59. The van der Waals surface area contributed by atoms with Gasteiger partial charge in [0.25, 0.3) is 0 Å². The zero-order valence-corrected chi connectivity index (χ0v) is 14.1. The van der Waals surface area contributed by atoms with Crippen LogP contribution in [-0.2, 0) is 9.59 Å². The lowest BCUT2D eigenvalue weighted by atomic mass is 9.93. The number of halogens is 2. The number of carbonyl (C=O) groups is 2. The van der Waals surface area contributed by atoms with Gasteiger partial charge in [0.1, 0.15) is 17.2 Å². The average Bonchev–Trinajstić information content (AvgIpc) is 2.96. The number of hydrogen-bond donors (Lipinski definition) is 2. The minimum Gasteiger partial charge on any atom is -0.354 e. The highest BCUT2D eigenvalue weighted by Crippen LogP contribution is 2.31. The van der Waals surface area contributed by atoms with Gasteiger partial charge in [-0.05, 0) is 37.3 Å². The largest absolute Gasteiger partial charge is 0.354 e. The summed E-state index contributed by atoms with van der Waals surface area (Å²) in [6.45, 7) is 4.05. The summed E-state index contributed by atoms with van der Waals surface area (Å²) in [5, 5.41) is 5.64. The standard InChI is InChI=1S/C18H24F2N2O2/c1-3-21-17(24)18(8-4-5-9-18)22-16(23)10-12(2)14-7-6-13(19)11-15(14)20/h6-7,11-12H,3-5,8-10H2,1-2H3,(H,21,24)(H,22,23)/t12-/m0/s1. The molecule has 2 N–H and O–H groups in total. The Labute approximate surface area is 141 Å². The molecule has 0 bridgehead atoms. The van der Waals surface area contributed by atoms with Gasteiger partial charge in [0.15, 0.2) is 0 Å². The second-order valence-electron chi connectivity index (χ2n) is 6.47. The summed E-state index contributed by atoms with van der Waals surface area (Å²) in [6, 6.07) is 3.36. The van der Waals surface area contributed by atoms with Crippen molar-refractivity contribution >= 4 is 11.8 Å². The van der Waals surface area contributed by atoms with E-state index < -0.39 is 23.1 Å². The van der Waals surface area contributed by atoms with E-state index in [9.17, 15) is 18.4 Å². The maximum absolute atomic E-state index is 13.8. The molecule has 0 heterocycles. The van der Waals surface area contributed by atoms with Gasteiger partial charge < -0.3 is 10.6 Å². The van der Waals surface area contributed by atoms with Crippen molar-refractivity contribution in [2.24, 2.45) is 0 Å². The lowest BCUT2D eigenvalue weighted by Crippen LogP contribution is -2.57. The molecule has 4 nitrogen and oxygen atoms in total. The molecule has 0 aromatic heterocycles. The maximum atomic E-state index is 13.8. The van der Waals surface area contributed by atoms with Crippen molar-refractivity contribution in [1.82, 2.24) is 10.6 Å². The molecule has 1 aliphatic carbocycles. The van der Waals surface area contributed by atoms with Gasteiger partial charge in [0, 0.05) is 19.0 Å². The monoisotopic (exact) mass is 338 g/mol. The minimum atomic E-state index is -0.853. The molecule has 1 fully saturated rings. The molecule has 24 heavy (non-hydrogen) atoms. The van der Waals surface area contributed by atoms with Gasteiger partial charge in [-0.3, -0.25) is 9.59 Å². The number of likely N-dealkylation sites (N-methyl/N-ethyl adjacent to an activating group) is 1. The fraction of sp³-hybridized carbons (Fsp3) is 0.556. The van der Waals surface area contributed by atoms with Crippen LogP contribution in [0.4, 0.5) is 8.78 Å². The molecule has 1 aromatic carbocycles. The molecule has 132 valence electrons. The number of benzene rings is 1. The number of nitrogens with one attached hydrogen (secondary N) is 2. The maximum Gasteiger partial charge on any atom is 0.245 e. The summed E-state index contributed by atoms with van der Waals surface area (Å²) in [7, 11) is 0. The third kappa shape index (κ3) is 4.10. The van der Waals surface area contributed by atoms with Crippen LogP contribution in [0.3, 0.4) is 0 Å². The second-order valence-corrected chi connectivity index (χ2v) is 6.47. The predicted molar refractivity (Wildman–Crippen MR) is 87.4 cm³/mol. The summed E-state index contributed by atoms with van der Waals surface area (Å²) < 4.78 is 26.8. The van der Waals surface area contributed by atoms with Gasteiger partial charge >= 0.3 is 0 Å². The first-order valence-electron chi connectivity index (χ1n) is 8.42. The molecular formula is C18H24F2N2O2. The highest BCUT2D eigenvalue weighted by Gasteiger charge is 2.42. The van der Waals surface area contributed by atoms with Crippen LogP contribution in [0.15, 0.2) is 18.2 Å². The third-order valence-electron chi connectivity index (χ3n) is 4.59.